The van der Waals surface area contributed by atoms with Crippen molar-refractivity contribution in [2.45, 2.75) is 33.1 Å². The number of fused-ring (bicyclic) bond motifs is 2. The van der Waals surface area contributed by atoms with E-state index in [1.54, 1.807) is 7.11 Å². The van der Waals surface area contributed by atoms with Crippen LogP contribution in [0.1, 0.15) is 32.0 Å². The number of aryl methyl sites for hydroxylation is 1. The lowest BCUT2D eigenvalue weighted by Gasteiger charge is -2.17. The van der Waals surface area contributed by atoms with Gasteiger partial charge in [-0.1, -0.05) is 20.8 Å². The van der Waals surface area contributed by atoms with Gasteiger partial charge in [-0.05, 0) is 30.7 Å². The molecule has 6 heteroatoms. The van der Waals surface area contributed by atoms with Crippen LogP contribution in [-0.2, 0) is 5.41 Å². The van der Waals surface area contributed by atoms with Crippen molar-refractivity contribution < 1.29 is 14.2 Å². The Labute approximate surface area is 146 Å². The predicted molar refractivity (Wildman–Crippen MR) is 95.4 cm³/mol. The largest absolute Gasteiger partial charge is 0.493 e. The van der Waals surface area contributed by atoms with Crippen LogP contribution in [0.4, 0.5) is 0 Å². The molecule has 130 valence electrons. The van der Waals surface area contributed by atoms with Gasteiger partial charge in [-0.2, -0.15) is 5.10 Å². The zero-order valence-electron chi connectivity index (χ0n) is 15.1. The number of methoxy groups -OCH3 is 1. The van der Waals surface area contributed by atoms with Gasteiger partial charge in [0.25, 0.3) is 0 Å². The maximum atomic E-state index is 5.52. The minimum Gasteiger partial charge on any atom is -0.493 e. The standard InChI is InChI=1S/C19H21N3O3/c1-10-6-12(20-18-15(10)17(21-22-18)19(2,3)4)11-7-13(23-5)16-14(8-11)24-9-25-16/h6-8H,9H2,1-5H3,(H,20,21,22). The molecular formula is C19H21N3O3. The highest BCUT2D eigenvalue weighted by atomic mass is 16.7. The van der Waals surface area contributed by atoms with E-state index in [0.717, 1.165) is 33.5 Å². The average Bonchev–Trinajstić information content (AvgIpc) is 3.19. The molecule has 0 fully saturated rings. The molecule has 1 aliphatic rings. The lowest BCUT2D eigenvalue weighted by atomic mass is 9.89. The van der Waals surface area contributed by atoms with Crippen LogP contribution in [0.5, 0.6) is 17.2 Å². The number of hydrogen-bond acceptors (Lipinski definition) is 5. The van der Waals surface area contributed by atoms with Crippen LogP contribution in [0.25, 0.3) is 22.3 Å². The first kappa shape index (κ1) is 15.7. The van der Waals surface area contributed by atoms with Crippen LogP contribution in [-0.4, -0.2) is 29.1 Å². The number of H-pyrrole nitrogens is 1. The molecule has 1 aromatic carbocycles. The molecule has 0 atom stereocenters. The van der Waals surface area contributed by atoms with Crippen molar-refractivity contribution in [1.29, 1.82) is 0 Å². The molecule has 1 aliphatic heterocycles. The van der Waals surface area contributed by atoms with Crippen LogP contribution in [0.3, 0.4) is 0 Å². The molecule has 0 saturated carbocycles. The summed E-state index contributed by atoms with van der Waals surface area (Å²) in [6.45, 7) is 8.78. The van der Waals surface area contributed by atoms with Gasteiger partial charge in [0.1, 0.15) is 0 Å². The van der Waals surface area contributed by atoms with Crippen molar-refractivity contribution in [3.05, 3.63) is 29.5 Å². The van der Waals surface area contributed by atoms with Crippen LogP contribution < -0.4 is 14.2 Å². The van der Waals surface area contributed by atoms with Gasteiger partial charge < -0.3 is 14.2 Å². The molecule has 2 aromatic heterocycles. The number of rotatable bonds is 2. The van der Waals surface area contributed by atoms with Crippen molar-refractivity contribution in [3.8, 4) is 28.5 Å². The van der Waals surface area contributed by atoms with E-state index < -0.39 is 0 Å². The lowest BCUT2D eigenvalue weighted by molar-refractivity contribution is 0.171. The highest BCUT2D eigenvalue weighted by Gasteiger charge is 2.24. The van der Waals surface area contributed by atoms with Gasteiger partial charge >= 0.3 is 0 Å². The Bertz CT molecular complexity index is 970. The molecule has 0 aliphatic carbocycles. The van der Waals surface area contributed by atoms with Crippen LogP contribution in [0.15, 0.2) is 18.2 Å². The maximum Gasteiger partial charge on any atom is 0.231 e. The van der Waals surface area contributed by atoms with E-state index in [1.165, 1.54) is 0 Å². The van der Waals surface area contributed by atoms with Gasteiger partial charge in [0.2, 0.25) is 12.5 Å². The van der Waals surface area contributed by atoms with Gasteiger partial charge in [0.15, 0.2) is 17.1 Å². The molecule has 25 heavy (non-hydrogen) atoms. The van der Waals surface area contributed by atoms with Crippen LogP contribution in [0, 0.1) is 6.92 Å². The van der Waals surface area contributed by atoms with Gasteiger partial charge in [-0.3, -0.25) is 5.10 Å². The second-order valence-electron chi connectivity index (χ2n) is 7.28. The molecule has 0 amide bonds. The van der Waals surface area contributed by atoms with E-state index in [2.05, 4.69) is 44.0 Å². The zero-order valence-corrected chi connectivity index (χ0v) is 15.1. The number of nitrogens with zero attached hydrogens (tertiary/aromatic N) is 2. The SMILES string of the molecule is COc1cc(-c2cc(C)c3c(C(C)(C)C)[nH]nc3n2)cc2c1OCO2. The third kappa shape index (κ3) is 2.49. The normalized spacial score (nSPS) is 13.5. The first-order valence-electron chi connectivity index (χ1n) is 8.22. The Morgan fingerprint density at radius 1 is 1.16 bits per heavy atom. The molecule has 0 unspecified atom stereocenters. The molecule has 4 rings (SSSR count). The minimum absolute atomic E-state index is 0.0231. The van der Waals surface area contributed by atoms with Gasteiger partial charge in [0, 0.05) is 16.4 Å². The summed E-state index contributed by atoms with van der Waals surface area (Å²) in [7, 11) is 1.62. The maximum absolute atomic E-state index is 5.52. The Kier molecular flexibility index (Phi) is 3.39. The minimum atomic E-state index is -0.0231. The Morgan fingerprint density at radius 2 is 1.96 bits per heavy atom. The highest BCUT2D eigenvalue weighted by molar-refractivity contribution is 5.85. The number of nitrogens with one attached hydrogen (secondary N) is 1. The Hall–Kier alpha value is -2.76. The molecule has 0 saturated heterocycles. The monoisotopic (exact) mass is 339 g/mol. The molecule has 3 aromatic rings. The smallest absolute Gasteiger partial charge is 0.231 e. The number of aromatic nitrogens is 3. The molecule has 0 spiro atoms. The fourth-order valence-corrected chi connectivity index (χ4v) is 3.18. The number of hydrogen-bond donors (Lipinski definition) is 1. The third-order valence-electron chi connectivity index (χ3n) is 4.43. The van der Waals surface area contributed by atoms with Gasteiger partial charge in [0.05, 0.1) is 18.5 Å². The number of pyridine rings is 1. The van der Waals surface area contributed by atoms with E-state index >= 15 is 0 Å². The van der Waals surface area contributed by atoms with Crippen molar-refractivity contribution in [2.24, 2.45) is 0 Å². The fraction of sp³-hybridized carbons (Fsp3) is 0.368. The summed E-state index contributed by atoms with van der Waals surface area (Å²) < 4.78 is 16.4. The molecule has 3 heterocycles. The lowest BCUT2D eigenvalue weighted by Crippen LogP contribution is -2.12. The van der Waals surface area contributed by atoms with Gasteiger partial charge in [-0.25, -0.2) is 4.98 Å². The molecule has 0 bridgehead atoms. The summed E-state index contributed by atoms with van der Waals surface area (Å²) in [5, 5.41) is 8.67. The van der Waals surface area contributed by atoms with E-state index in [9.17, 15) is 0 Å². The summed E-state index contributed by atoms with van der Waals surface area (Å²) >= 11 is 0. The van der Waals surface area contributed by atoms with Crippen molar-refractivity contribution in [2.75, 3.05) is 13.9 Å². The molecule has 6 nitrogen and oxygen atoms in total. The summed E-state index contributed by atoms with van der Waals surface area (Å²) in [5.41, 5.74) is 4.67. The Balaban J connectivity index is 1.89. The first-order chi connectivity index (χ1) is 11.9. The summed E-state index contributed by atoms with van der Waals surface area (Å²) in [6.07, 6.45) is 0. The molecular weight excluding hydrogens is 318 g/mol. The van der Waals surface area contributed by atoms with Crippen molar-refractivity contribution >= 4 is 11.0 Å². The van der Waals surface area contributed by atoms with Crippen molar-refractivity contribution in [1.82, 2.24) is 15.2 Å². The summed E-state index contributed by atoms with van der Waals surface area (Å²) in [6, 6.07) is 5.91. The second kappa shape index (κ2) is 5.37. The van der Waals surface area contributed by atoms with E-state index in [4.69, 9.17) is 19.2 Å². The topological polar surface area (TPSA) is 69.3 Å². The van der Waals surface area contributed by atoms with E-state index in [-0.39, 0.29) is 12.2 Å². The van der Waals surface area contributed by atoms with Gasteiger partial charge in [-0.15, -0.1) is 0 Å². The second-order valence-corrected chi connectivity index (χ2v) is 7.28. The van der Waals surface area contributed by atoms with E-state index in [0.29, 0.717) is 17.2 Å². The number of aromatic amines is 1. The zero-order chi connectivity index (χ0) is 17.8. The fourth-order valence-electron chi connectivity index (χ4n) is 3.18. The first-order valence-corrected chi connectivity index (χ1v) is 8.22. The number of benzene rings is 1. The van der Waals surface area contributed by atoms with Crippen molar-refractivity contribution in [3.63, 3.8) is 0 Å². The third-order valence-corrected chi connectivity index (χ3v) is 4.43. The predicted octanol–water partition coefficient (Wildman–Crippen LogP) is 3.97. The quantitative estimate of drug-likeness (QED) is 0.765. The average molecular weight is 339 g/mol. The van der Waals surface area contributed by atoms with Crippen LogP contribution in [0.2, 0.25) is 0 Å². The summed E-state index contributed by atoms with van der Waals surface area (Å²) in [4.78, 5) is 4.75. The van der Waals surface area contributed by atoms with Crippen LogP contribution >= 0.6 is 0 Å². The number of ether oxygens (including phenoxy) is 3. The Morgan fingerprint density at radius 3 is 2.68 bits per heavy atom. The summed E-state index contributed by atoms with van der Waals surface area (Å²) in [5.74, 6) is 1.95. The highest BCUT2D eigenvalue weighted by Crippen LogP contribution is 2.44. The molecule has 0 radical (unpaired) electrons. The van der Waals surface area contributed by atoms with E-state index in [1.807, 2.05) is 12.1 Å². The molecule has 1 N–H and O–H groups in total.